The van der Waals surface area contributed by atoms with Crippen LogP contribution in [0.25, 0.3) is 0 Å². The summed E-state index contributed by atoms with van der Waals surface area (Å²) in [6.07, 6.45) is 0. The van der Waals surface area contributed by atoms with E-state index in [0.29, 0.717) is 36.1 Å². The minimum absolute atomic E-state index is 0.449. The highest BCUT2D eigenvalue weighted by Gasteiger charge is 2.05. The van der Waals surface area contributed by atoms with E-state index in [4.69, 9.17) is 9.47 Å². The summed E-state index contributed by atoms with van der Waals surface area (Å²) < 4.78 is 11.4. The van der Waals surface area contributed by atoms with Crippen LogP contribution in [0.3, 0.4) is 0 Å². The van der Waals surface area contributed by atoms with Gasteiger partial charge in [-0.25, -0.2) is 0 Å². The van der Waals surface area contributed by atoms with Crippen molar-refractivity contribution in [3.8, 4) is 11.5 Å². The highest BCUT2D eigenvalue weighted by molar-refractivity contribution is 5.54. The monoisotopic (exact) mass is 322 g/mol. The Labute approximate surface area is 143 Å². The zero-order valence-corrected chi connectivity index (χ0v) is 14.2. The second-order valence-electron chi connectivity index (χ2n) is 5.63. The molecule has 0 radical (unpaired) electrons. The smallest absolute Gasteiger partial charge is 0.147 e. The van der Waals surface area contributed by atoms with Gasteiger partial charge in [-0.05, 0) is 49.3 Å². The van der Waals surface area contributed by atoms with Gasteiger partial charge >= 0.3 is 0 Å². The lowest BCUT2D eigenvalue weighted by Gasteiger charge is -2.09. The fourth-order valence-electron chi connectivity index (χ4n) is 1.83. The molecule has 124 valence electrons. The first-order valence-corrected chi connectivity index (χ1v) is 7.70. The normalized spacial score (nSPS) is 10.6. The minimum Gasteiger partial charge on any atom is -0.487 e. The number of para-hydroxylation sites is 2. The maximum atomic E-state index is 5.70. The number of benzene rings is 2. The SMILES string of the molecule is C=C(C)COc1ccccc1N=Nc1ccccc1OCC(=C)C. The van der Waals surface area contributed by atoms with Gasteiger partial charge in [0, 0.05) is 0 Å². The largest absolute Gasteiger partial charge is 0.487 e. The number of ether oxygens (including phenoxy) is 2. The quantitative estimate of drug-likeness (QED) is 0.441. The number of rotatable bonds is 8. The molecular weight excluding hydrogens is 300 g/mol. The fraction of sp³-hybridized carbons (Fsp3) is 0.200. The molecule has 0 N–H and O–H groups in total. The summed E-state index contributed by atoms with van der Waals surface area (Å²) in [4.78, 5) is 0. The second-order valence-corrected chi connectivity index (χ2v) is 5.63. The van der Waals surface area contributed by atoms with Gasteiger partial charge in [0.2, 0.25) is 0 Å². The minimum atomic E-state index is 0.449. The third kappa shape index (κ3) is 5.39. The van der Waals surface area contributed by atoms with Crippen LogP contribution in [0.4, 0.5) is 11.4 Å². The molecule has 0 aromatic heterocycles. The van der Waals surface area contributed by atoms with Crippen LogP contribution in [-0.2, 0) is 0 Å². The van der Waals surface area contributed by atoms with Crippen molar-refractivity contribution in [3.05, 3.63) is 72.8 Å². The van der Waals surface area contributed by atoms with Crippen LogP contribution in [0, 0.1) is 0 Å². The predicted molar refractivity (Wildman–Crippen MR) is 97.7 cm³/mol. The molecule has 2 aromatic carbocycles. The molecular formula is C20H22N2O2. The predicted octanol–water partition coefficient (Wildman–Crippen LogP) is 6.01. The molecule has 4 heteroatoms. The molecule has 24 heavy (non-hydrogen) atoms. The lowest BCUT2D eigenvalue weighted by Crippen LogP contribution is -1.97. The summed E-state index contributed by atoms with van der Waals surface area (Å²) in [5.74, 6) is 1.34. The molecule has 0 heterocycles. The van der Waals surface area contributed by atoms with Crippen LogP contribution in [0.1, 0.15) is 13.8 Å². The molecule has 0 aliphatic carbocycles. The summed E-state index contributed by atoms with van der Waals surface area (Å²) in [5, 5.41) is 8.62. The van der Waals surface area contributed by atoms with E-state index < -0.39 is 0 Å². The molecule has 0 bridgehead atoms. The number of hydrogen-bond donors (Lipinski definition) is 0. The van der Waals surface area contributed by atoms with Gasteiger partial charge < -0.3 is 9.47 Å². The van der Waals surface area contributed by atoms with Crippen molar-refractivity contribution in [2.24, 2.45) is 10.2 Å². The third-order valence-electron chi connectivity index (χ3n) is 2.94. The second kappa shape index (κ2) is 8.67. The van der Waals surface area contributed by atoms with Crippen molar-refractivity contribution in [1.29, 1.82) is 0 Å². The average molecular weight is 322 g/mol. The highest BCUT2D eigenvalue weighted by atomic mass is 16.5. The first-order valence-electron chi connectivity index (χ1n) is 7.70. The maximum absolute atomic E-state index is 5.70. The van der Waals surface area contributed by atoms with Gasteiger partial charge in [-0.15, -0.1) is 10.2 Å². The molecule has 0 atom stereocenters. The van der Waals surface area contributed by atoms with Crippen molar-refractivity contribution in [1.82, 2.24) is 0 Å². The number of azo groups is 1. The molecule has 0 saturated carbocycles. The van der Waals surface area contributed by atoms with E-state index >= 15 is 0 Å². The molecule has 0 unspecified atom stereocenters. The van der Waals surface area contributed by atoms with Gasteiger partial charge in [-0.3, -0.25) is 0 Å². The van der Waals surface area contributed by atoms with E-state index in [1.807, 2.05) is 62.4 Å². The van der Waals surface area contributed by atoms with Gasteiger partial charge in [0.1, 0.15) is 36.1 Å². The lowest BCUT2D eigenvalue weighted by atomic mass is 10.3. The van der Waals surface area contributed by atoms with Gasteiger partial charge in [0.25, 0.3) is 0 Å². The summed E-state index contributed by atoms with van der Waals surface area (Å²) >= 11 is 0. The Morgan fingerprint density at radius 3 is 1.50 bits per heavy atom. The van der Waals surface area contributed by atoms with Crippen LogP contribution in [0.5, 0.6) is 11.5 Å². The molecule has 0 saturated heterocycles. The Morgan fingerprint density at radius 1 is 0.750 bits per heavy atom. The molecule has 0 amide bonds. The molecule has 0 fully saturated rings. The van der Waals surface area contributed by atoms with Crippen LogP contribution >= 0.6 is 0 Å². The maximum Gasteiger partial charge on any atom is 0.147 e. The van der Waals surface area contributed by atoms with E-state index in [-0.39, 0.29) is 0 Å². The topological polar surface area (TPSA) is 43.2 Å². The Hall–Kier alpha value is -2.88. The molecule has 0 aliphatic rings. The van der Waals surface area contributed by atoms with E-state index in [0.717, 1.165) is 11.1 Å². The summed E-state index contributed by atoms with van der Waals surface area (Å²) in [6, 6.07) is 15.0. The first-order chi connectivity index (χ1) is 11.6. The van der Waals surface area contributed by atoms with Crippen molar-refractivity contribution in [3.63, 3.8) is 0 Å². The molecule has 0 spiro atoms. The van der Waals surface area contributed by atoms with Gasteiger partial charge in [0.15, 0.2) is 0 Å². The van der Waals surface area contributed by atoms with Crippen LogP contribution in [0.15, 0.2) is 83.1 Å². The van der Waals surface area contributed by atoms with Gasteiger partial charge in [-0.1, -0.05) is 37.4 Å². The van der Waals surface area contributed by atoms with E-state index in [2.05, 4.69) is 23.4 Å². The number of hydrogen-bond acceptors (Lipinski definition) is 4. The van der Waals surface area contributed by atoms with Crippen molar-refractivity contribution < 1.29 is 9.47 Å². The van der Waals surface area contributed by atoms with Gasteiger partial charge in [-0.2, -0.15) is 0 Å². The molecule has 4 nitrogen and oxygen atoms in total. The first kappa shape index (κ1) is 17.5. The molecule has 2 aromatic rings. The molecule has 0 aliphatic heterocycles. The summed E-state index contributed by atoms with van der Waals surface area (Å²) in [5.41, 5.74) is 3.21. The Morgan fingerprint density at radius 2 is 1.12 bits per heavy atom. The standard InChI is InChI=1S/C20H22N2O2/c1-15(2)13-23-19-11-7-5-9-17(19)21-22-18-10-6-8-12-20(18)24-14-16(3)4/h5-12H,1,3,13-14H2,2,4H3. The lowest BCUT2D eigenvalue weighted by molar-refractivity contribution is 0.352. The van der Waals surface area contributed by atoms with Crippen LogP contribution in [-0.4, -0.2) is 13.2 Å². The zero-order chi connectivity index (χ0) is 17.4. The van der Waals surface area contributed by atoms with Crippen molar-refractivity contribution in [2.75, 3.05) is 13.2 Å². The van der Waals surface area contributed by atoms with Crippen molar-refractivity contribution in [2.45, 2.75) is 13.8 Å². The Balaban J connectivity index is 2.19. The van der Waals surface area contributed by atoms with E-state index in [9.17, 15) is 0 Å². The zero-order valence-electron chi connectivity index (χ0n) is 14.2. The summed E-state index contributed by atoms with van der Waals surface area (Å²) in [6.45, 7) is 12.4. The van der Waals surface area contributed by atoms with Gasteiger partial charge in [0.05, 0.1) is 0 Å². The number of nitrogens with zero attached hydrogens (tertiary/aromatic N) is 2. The summed E-state index contributed by atoms with van der Waals surface area (Å²) in [7, 11) is 0. The fourth-order valence-corrected chi connectivity index (χ4v) is 1.83. The third-order valence-corrected chi connectivity index (χ3v) is 2.94. The van der Waals surface area contributed by atoms with Crippen LogP contribution < -0.4 is 9.47 Å². The molecule has 2 rings (SSSR count). The highest BCUT2D eigenvalue weighted by Crippen LogP contribution is 2.32. The van der Waals surface area contributed by atoms with E-state index in [1.54, 1.807) is 0 Å². The van der Waals surface area contributed by atoms with Crippen LogP contribution in [0.2, 0.25) is 0 Å². The van der Waals surface area contributed by atoms with E-state index in [1.165, 1.54) is 0 Å². The Bertz CT molecular complexity index is 687. The average Bonchev–Trinajstić information content (AvgIpc) is 2.57. The van der Waals surface area contributed by atoms with Crippen molar-refractivity contribution >= 4 is 11.4 Å². The Kier molecular flexibility index (Phi) is 6.32.